The summed E-state index contributed by atoms with van der Waals surface area (Å²) in [5, 5.41) is 9.41. The lowest BCUT2D eigenvalue weighted by Crippen LogP contribution is -2.11. The average Bonchev–Trinajstić information content (AvgIpc) is 2.35. The monoisotopic (exact) mass is 256 g/mol. The Morgan fingerprint density at radius 1 is 1.32 bits per heavy atom. The van der Waals surface area contributed by atoms with Crippen molar-refractivity contribution in [1.82, 2.24) is 0 Å². The first-order chi connectivity index (χ1) is 9.06. The lowest BCUT2D eigenvalue weighted by Gasteiger charge is -2.23. The minimum atomic E-state index is -0.842. The molecule has 1 aromatic rings. The van der Waals surface area contributed by atoms with Crippen molar-refractivity contribution in [2.24, 2.45) is 11.8 Å². The number of hydrogen-bond donors (Lipinski definition) is 1. The maximum Gasteiger partial charge on any atom is 0.335 e. The molecular formula is C17H20O2. The summed E-state index contributed by atoms with van der Waals surface area (Å²) in [4.78, 5) is 11.5. The van der Waals surface area contributed by atoms with Gasteiger partial charge in [0, 0.05) is 0 Å². The predicted molar refractivity (Wildman–Crippen MR) is 77.7 cm³/mol. The zero-order valence-electron chi connectivity index (χ0n) is 11.5. The van der Waals surface area contributed by atoms with E-state index in [1.165, 1.54) is 5.57 Å². The van der Waals surface area contributed by atoms with Gasteiger partial charge in [0.1, 0.15) is 0 Å². The van der Waals surface area contributed by atoms with Crippen molar-refractivity contribution in [3.05, 3.63) is 53.6 Å². The summed E-state index contributed by atoms with van der Waals surface area (Å²) < 4.78 is 0. The topological polar surface area (TPSA) is 37.3 Å². The zero-order valence-corrected chi connectivity index (χ0v) is 11.5. The van der Waals surface area contributed by atoms with E-state index in [9.17, 15) is 9.90 Å². The van der Waals surface area contributed by atoms with Gasteiger partial charge >= 0.3 is 5.97 Å². The fraction of sp³-hybridized carbons (Fsp3) is 0.353. The molecule has 2 rings (SSSR count). The van der Waals surface area contributed by atoms with E-state index in [0.29, 0.717) is 17.4 Å². The molecule has 2 heteroatoms. The molecule has 1 aromatic carbocycles. The quantitative estimate of drug-likeness (QED) is 0.651. The Balaban J connectivity index is 2.28. The minimum absolute atomic E-state index is 0.325. The fourth-order valence-corrected chi connectivity index (χ4v) is 2.87. The molecule has 0 spiro atoms. The standard InChI is InChI=1S/C17H20O2/c1-12-8-13(2)10-14(9-12)11-16(17(18)19)15-6-4-3-5-7-15/h3-8,11-12,14H,9-10H2,1-2H3,(H,18,19)/b16-11+. The summed E-state index contributed by atoms with van der Waals surface area (Å²) in [6, 6.07) is 9.36. The molecule has 1 N–H and O–H groups in total. The molecule has 19 heavy (non-hydrogen) atoms. The van der Waals surface area contributed by atoms with Gasteiger partial charge in [-0.05, 0) is 37.2 Å². The molecule has 0 amide bonds. The van der Waals surface area contributed by atoms with E-state index < -0.39 is 5.97 Å². The Morgan fingerprint density at radius 3 is 2.58 bits per heavy atom. The van der Waals surface area contributed by atoms with Crippen LogP contribution in [0.4, 0.5) is 0 Å². The van der Waals surface area contributed by atoms with Crippen LogP contribution in [0, 0.1) is 11.8 Å². The van der Waals surface area contributed by atoms with E-state index in [0.717, 1.165) is 18.4 Å². The van der Waals surface area contributed by atoms with Gasteiger partial charge in [0.25, 0.3) is 0 Å². The molecule has 1 aliphatic rings. The maximum atomic E-state index is 11.5. The second-order valence-electron chi connectivity index (χ2n) is 5.44. The van der Waals surface area contributed by atoms with Gasteiger partial charge in [-0.25, -0.2) is 4.79 Å². The van der Waals surface area contributed by atoms with Crippen LogP contribution in [0.15, 0.2) is 48.1 Å². The number of hydrogen-bond acceptors (Lipinski definition) is 1. The summed E-state index contributed by atoms with van der Waals surface area (Å²) in [6.07, 6.45) is 6.22. The average molecular weight is 256 g/mol. The lowest BCUT2D eigenvalue weighted by molar-refractivity contribution is -0.130. The molecule has 1 aliphatic carbocycles. The van der Waals surface area contributed by atoms with Crippen molar-refractivity contribution >= 4 is 11.5 Å². The third-order valence-corrected chi connectivity index (χ3v) is 3.55. The third kappa shape index (κ3) is 3.57. The van der Waals surface area contributed by atoms with Crippen LogP contribution in [0.25, 0.3) is 5.57 Å². The van der Waals surface area contributed by atoms with Crippen LogP contribution in [-0.4, -0.2) is 11.1 Å². The number of benzene rings is 1. The van der Waals surface area contributed by atoms with E-state index in [2.05, 4.69) is 19.9 Å². The highest BCUT2D eigenvalue weighted by Gasteiger charge is 2.19. The van der Waals surface area contributed by atoms with Crippen LogP contribution in [0.3, 0.4) is 0 Å². The zero-order chi connectivity index (χ0) is 13.8. The van der Waals surface area contributed by atoms with Gasteiger partial charge in [-0.1, -0.05) is 55.0 Å². The smallest absolute Gasteiger partial charge is 0.335 e. The maximum absolute atomic E-state index is 11.5. The Labute approximate surface area is 114 Å². The molecule has 0 aromatic heterocycles. The second kappa shape index (κ2) is 5.87. The van der Waals surface area contributed by atoms with Crippen molar-refractivity contribution in [2.45, 2.75) is 26.7 Å². The molecule has 0 saturated heterocycles. The highest BCUT2D eigenvalue weighted by molar-refractivity contribution is 6.15. The van der Waals surface area contributed by atoms with E-state index in [1.807, 2.05) is 36.4 Å². The van der Waals surface area contributed by atoms with Crippen molar-refractivity contribution in [3.63, 3.8) is 0 Å². The largest absolute Gasteiger partial charge is 0.478 e. The van der Waals surface area contributed by atoms with Crippen LogP contribution in [0.2, 0.25) is 0 Å². The molecule has 100 valence electrons. The normalized spacial score (nSPS) is 23.9. The van der Waals surface area contributed by atoms with Crippen LogP contribution in [0.1, 0.15) is 32.3 Å². The second-order valence-corrected chi connectivity index (χ2v) is 5.44. The molecule has 0 bridgehead atoms. The van der Waals surface area contributed by atoms with E-state index in [-0.39, 0.29) is 0 Å². The number of carbonyl (C=O) groups is 1. The first-order valence-electron chi connectivity index (χ1n) is 6.74. The van der Waals surface area contributed by atoms with Gasteiger partial charge in [0.15, 0.2) is 0 Å². The predicted octanol–water partition coefficient (Wildman–Crippen LogP) is 4.15. The highest BCUT2D eigenvalue weighted by atomic mass is 16.4. The number of carboxylic acids is 1. The van der Waals surface area contributed by atoms with Crippen LogP contribution >= 0.6 is 0 Å². The molecule has 0 aliphatic heterocycles. The van der Waals surface area contributed by atoms with E-state index in [1.54, 1.807) is 0 Å². The number of allylic oxidation sites excluding steroid dienone is 3. The number of aliphatic carboxylic acids is 1. The van der Waals surface area contributed by atoms with Gasteiger partial charge < -0.3 is 5.11 Å². The van der Waals surface area contributed by atoms with E-state index in [4.69, 9.17) is 0 Å². The highest BCUT2D eigenvalue weighted by Crippen LogP contribution is 2.31. The van der Waals surface area contributed by atoms with Crippen LogP contribution < -0.4 is 0 Å². The summed E-state index contributed by atoms with van der Waals surface area (Å²) in [5.74, 6) is 0.0122. The molecule has 0 saturated carbocycles. The molecule has 2 atom stereocenters. The first kappa shape index (κ1) is 13.6. The first-order valence-corrected chi connectivity index (χ1v) is 6.74. The van der Waals surface area contributed by atoms with Crippen molar-refractivity contribution in [1.29, 1.82) is 0 Å². The van der Waals surface area contributed by atoms with Crippen LogP contribution in [0.5, 0.6) is 0 Å². The Morgan fingerprint density at radius 2 is 2.00 bits per heavy atom. The molecule has 0 heterocycles. The number of carboxylic acid groups (broad SMARTS) is 1. The van der Waals surface area contributed by atoms with Gasteiger partial charge in [-0.2, -0.15) is 0 Å². The van der Waals surface area contributed by atoms with Crippen molar-refractivity contribution in [2.75, 3.05) is 0 Å². The van der Waals surface area contributed by atoms with Crippen LogP contribution in [-0.2, 0) is 4.79 Å². The summed E-state index contributed by atoms with van der Waals surface area (Å²) in [7, 11) is 0. The van der Waals surface area contributed by atoms with Gasteiger partial charge in [0.05, 0.1) is 5.57 Å². The summed E-state index contributed by atoms with van der Waals surface area (Å²) >= 11 is 0. The molecule has 0 fully saturated rings. The van der Waals surface area contributed by atoms with Crippen molar-refractivity contribution < 1.29 is 9.90 Å². The fourth-order valence-electron chi connectivity index (χ4n) is 2.87. The number of rotatable bonds is 3. The van der Waals surface area contributed by atoms with Gasteiger partial charge in [-0.3, -0.25) is 0 Å². The van der Waals surface area contributed by atoms with E-state index >= 15 is 0 Å². The Bertz CT molecular complexity index is 511. The third-order valence-electron chi connectivity index (χ3n) is 3.55. The molecule has 2 unspecified atom stereocenters. The Kier molecular flexibility index (Phi) is 4.20. The van der Waals surface area contributed by atoms with Gasteiger partial charge in [-0.15, -0.1) is 0 Å². The molecule has 0 radical (unpaired) electrons. The molecule has 2 nitrogen and oxygen atoms in total. The lowest BCUT2D eigenvalue weighted by atomic mass is 9.82. The van der Waals surface area contributed by atoms with Crippen molar-refractivity contribution in [3.8, 4) is 0 Å². The van der Waals surface area contributed by atoms with Gasteiger partial charge in [0.2, 0.25) is 0 Å². The summed E-state index contributed by atoms with van der Waals surface area (Å²) in [6.45, 7) is 4.31. The minimum Gasteiger partial charge on any atom is -0.478 e. The Hall–Kier alpha value is -1.83. The summed E-state index contributed by atoms with van der Waals surface area (Å²) in [5.41, 5.74) is 2.57. The SMILES string of the molecule is CC1=CC(C)CC(/C=C(/C(=O)O)c2ccccc2)C1. The molecular weight excluding hydrogens is 236 g/mol.